The molecule has 0 heterocycles. The zero-order valence-electron chi connectivity index (χ0n) is 13.9. The van der Waals surface area contributed by atoms with Crippen molar-refractivity contribution >= 4 is 11.8 Å². The van der Waals surface area contributed by atoms with E-state index in [9.17, 15) is 0 Å². The number of rotatable bonds is 10. The highest BCUT2D eigenvalue weighted by Crippen LogP contribution is 2.28. The van der Waals surface area contributed by atoms with Gasteiger partial charge in [-0.15, -0.1) is 0 Å². The molecular weight excluding hydrogens is 282 g/mol. The predicted octanol–water partition coefficient (Wildman–Crippen LogP) is 3.76. The van der Waals surface area contributed by atoms with E-state index in [4.69, 9.17) is 9.47 Å². The fourth-order valence-corrected chi connectivity index (χ4v) is 3.20. The number of hydrogen-bond donors (Lipinski definition) is 1. The van der Waals surface area contributed by atoms with Crippen molar-refractivity contribution in [2.24, 2.45) is 0 Å². The zero-order chi connectivity index (χ0) is 15.7. The summed E-state index contributed by atoms with van der Waals surface area (Å²) in [6.45, 7) is 6.71. The van der Waals surface area contributed by atoms with Crippen LogP contribution < -0.4 is 14.8 Å². The third kappa shape index (κ3) is 6.62. The number of benzene rings is 1. The lowest BCUT2D eigenvalue weighted by Crippen LogP contribution is -2.36. The smallest absolute Gasteiger partial charge is 0.160 e. The van der Waals surface area contributed by atoms with Crippen LogP contribution in [0.25, 0.3) is 0 Å². The van der Waals surface area contributed by atoms with Crippen molar-refractivity contribution in [2.45, 2.75) is 45.7 Å². The number of ether oxygens (including phenoxy) is 2. The summed E-state index contributed by atoms with van der Waals surface area (Å²) in [6, 6.07) is 7.15. The molecule has 3 nitrogen and oxygen atoms in total. The maximum Gasteiger partial charge on any atom is 0.160 e. The standard InChI is InChI=1S/C17H29NO2S/c1-6-21-10-9-13(2)18-14(3)11-15-7-8-16(19-4)17(12-15)20-5/h7-8,12-14,18H,6,9-11H2,1-5H3. The van der Waals surface area contributed by atoms with Gasteiger partial charge in [-0.05, 0) is 55.9 Å². The van der Waals surface area contributed by atoms with E-state index >= 15 is 0 Å². The summed E-state index contributed by atoms with van der Waals surface area (Å²) in [6.07, 6.45) is 2.21. The lowest BCUT2D eigenvalue weighted by molar-refractivity contribution is 0.354. The van der Waals surface area contributed by atoms with Crippen molar-refractivity contribution in [1.29, 1.82) is 0 Å². The largest absolute Gasteiger partial charge is 0.493 e. The number of thioether (sulfide) groups is 1. The van der Waals surface area contributed by atoms with Crippen molar-refractivity contribution in [2.75, 3.05) is 25.7 Å². The summed E-state index contributed by atoms with van der Waals surface area (Å²) < 4.78 is 10.6. The van der Waals surface area contributed by atoms with Crippen LogP contribution in [-0.2, 0) is 6.42 Å². The molecule has 1 aromatic carbocycles. The second-order valence-electron chi connectivity index (χ2n) is 5.35. The molecular formula is C17H29NO2S. The third-order valence-corrected chi connectivity index (χ3v) is 4.39. The first kappa shape index (κ1) is 18.2. The second kappa shape index (κ2) is 9.96. The van der Waals surface area contributed by atoms with Gasteiger partial charge < -0.3 is 14.8 Å². The number of hydrogen-bond acceptors (Lipinski definition) is 4. The van der Waals surface area contributed by atoms with Crippen LogP contribution in [-0.4, -0.2) is 37.8 Å². The Morgan fingerprint density at radius 3 is 2.43 bits per heavy atom. The Bertz CT molecular complexity index is 412. The lowest BCUT2D eigenvalue weighted by atomic mass is 10.1. The molecule has 0 spiro atoms. The van der Waals surface area contributed by atoms with Crippen LogP contribution in [0.3, 0.4) is 0 Å². The Balaban J connectivity index is 2.48. The molecule has 0 saturated heterocycles. The minimum Gasteiger partial charge on any atom is -0.493 e. The summed E-state index contributed by atoms with van der Waals surface area (Å²) in [7, 11) is 3.34. The first-order valence-corrected chi connectivity index (χ1v) is 8.80. The van der Waals surface area contributed by atoms with Gasteiger partial charge >= 0.3 is 0 Å². The summed E-state index contributed by atoms with van der Waals surface area (Å²) >= 11 is 2.01. The average molecular weight is 311 g/mol. The van der Waals surface area contributed by atoms with Crippen LogP contribution in [0, 0.1) is 0 Å². The van der Waals surface area contributed by atoms with E-state index in [1.165, 1.54) is 23.5 Å². The van der Waals surface area contributed by atoms with Crippen LogP contribution in [0.5, 0.6) is 11.5 Å². The highest BCUT2D eigenvalue weighted by Gasteiger charge is 2.10. The molecule has 2 atom stereocenters. The summed E-state index contributed by atoms with van der Waals surface area (Å²) in [5.74, 6) is 4.02. The van der Waals surface area contributed by atoms with Gasteiger partial charge in [0.2, 0.25) is 0 Å². The summed E-state index contributed by atoms with van der Waals surface area (Å²) in [5, 5.41) is 3.67. The first-order valence-electron chi connectivity index (χ1n) is 7.65. The molecule has 4 heteroatoms. The van der Waals surface area contributed by atoms with Gasteiger partial charge in [0.05, 0.1) is 14.2 Å². The van der Waals surface area contributed by atoms with Gasteiger partial charge in [0.1, 0.15) is 0 Å². The quantitative estimate of drug-likeness (QED) is 0.667. The molecule has 0 radical (unpaired) electrons. The van der Waals surface area contributed by atoms with Gasteiger partial charge in [-0.1, -0.05) is 13.0 Å². The van der Waals surface area contributed by atoms with Gasteiger partial charge in [-0.25, -0.2) is 0 Å². The molecule has 0 aromatic heterocycles. The molecule has 0 fully saturated rings. The molecule has 1 N–H and O–H groups in total. The maximum absolute atomic E-state index is 5.36. The average Bonchev–Trinajstić information content (AvgIpc) is 2.47. The van der Waals surface area contributed by atoms with E-state index in [1.807, 2.05) is 17.8 Å². The normalized spacial score (nSPS) is 13.8. The number of methoxy groups -OCH3 is 2. The van der Waals surface area contributed by atoms with Gasteiger partial charge in [0.25, 0.3) is 0 Å². The minimum atomic E-state index is 0.449. The Kier molecular flexibility index (Phi) is 8.62. The second-order valence-corrected chi connectivity index (χ2v) is 6.74. The predicted molar refractivity (Wildman–Crippen MR) is 92.9 cm³/mol. The monoisotopic (exact) mass is 311 g/mol. The first-order chi connectivity index (χ1) is 10.1. The third-order valence-electron chi connectivity index (χ3n) is 3.46. The van der Waals surface area contributed by atoms with Crippen molar-refractivity contribution < 1.29 is 9.47 Å². The highest BCUT2D eigenvalue weighted by atomic mass is 32.2. The maximum atomic E-state index is 5.36. The Morgan fingerprint density at radius 1 is 1.10 bits per heavy atom. The lowest BCUT2D eigenvalue weighted by Gasteiger charge is -2.20. The van der Waals surface area contributed by atoms with E-state index in [1.54, 1.807) is 14.2 Å². The Hall–Kier alpha value is -0.870. The molecule has 0 aliphatic rings. The molecule has 2 unspecified atom stereocenters. The molecule has 21 heavy (non-hydrogen) atoms. The van der Waals surface area contributed by atoms with Gasteiger partial charge in [-0.2, -0.15) is 11.8 Å². The van der Waals surface area contributed by atoms with Gasteiger partial charge in [0, 0.05) is 12.1 Å². The summed E-state index contributed by atoms with van der Waals surface area (Å²) in [4.78, 5) is 0. The van der Waals surface area contributed by atoms with E-state index in [0.29, 0.717) is 12.1 Å². The summed E-state index contributed by atoms with van der Waals surface area (Å²) in [5.41, 5.74) is 1.27. The molecule has 0 aliphatic carbocycles. The van der Waals surface area contributed by atoms with E-state index in [-0.39, 0.29) is 0 Å². The fourth-order valence-electron chi connectivity index (χ4n) is 2.39. The Labute approximate surface area is 133 Å². The number of nitrogens with one attached hydrogen (secondary N) is 1. The molecule has 0 bridgehead atoms. The molecule has 120 valence electrons. The van der Waals surface area contributed by atoms with Crippen molar-refractivity contribution in [1.82, 2.24) is 5.32 Å². The molecule has 0 amide bonds. The SMILES string of the molecule is CCSCCC(C)NC(C)Cc1ccc(OC)c(OC)c1. The topological polar surface area (TPSA) is 30.5 Å². The zero-order valence-corrected chi connectivity index (χ0v) is 14.8. The van der Waals surface area contributed by atoms with Crippen LogP contribution in [0.2, 0.25) is 0 Å². The van der Waals surface area contributed by atoms with Gasteiger partial charge in [-0.3, -0.25) is 0 Å². The molecule has 0 aliphatic heterocycles. The van der Waals surface area contributed by atoms with Crippen molar-refractivity contribution in [3.8, 4) is 11.5 Å². The van der Waals surface area contributed by atoms with Crippen molar-refractivity contribution in [3.05, 3.63) is 23.8 Å². The van der Waals surface area contributed by atoms with Crippen LogP contribution in [0.1, 0.15) is 32.8 Å². The highest BCUT2D eigenvalue weighted by molar-refractivity contribution is 7.99. The molecule has 0 saturated carbocycles. The van der Waals surface area contributed by atoms with Crippen LogP contribution >= 0.6 is 11.8 Å². The van der Waals surface area contributed by atoms with E-state index in [2.05, 4.69) is 38.2 Å². The molecule has 1 aromatic rings. The van der Waals surface area contributed by atoms with Crippen molar-refractivity contribution in [3.63, 3.8) is 0 Å². The fraction of sp³-hybridized carbons (Fsp3) is 0.647. The van der Waals surface area contributed by atoms with Crippen LogP contribution in [0.4, 0.5) is 0 Å². The van der Waals surface area contributed by atoms with Crippen LogP contribution in [0.15, 0.2) is 18.2 Å². The van der Waals surface area contributed by atoms with E-state index < -0.39 is 0 Å². The molecule has 1 rings (SSSR count). The minimum absolute atomic E-state index is 0.449. The van der Waals surface area contributed by atoms with E-state index in [0.717, 1.165) is 17.9 Å². The van der Waals surface area contributed by atoms with Gasteiger partial charge in [0.15, 0.2) is 11.5 Å². The Morgan fingerprint density at radius 2 is 1.81 bits per heavy atom.